The third-order valence-electron chi connectivity index (χ3n) is 4.83. The van der Waals surface area contributed by atoms with Crippen LogP contribution >= 0.6 is 11.8 Å². The lowest BCUT2D eigenvalue weighted by Crippen LogP contribution is -2.42. The minimum absolute atomic E-state index is 0.224. The highest BCUT2D eigenvalue weighted by Crippen LogP contribution is 2.36. The molecule has 1 saturated heterocycles. The number of benzene rings is 2. The molecule has 0 N–H and O–H groups in total. The Morgan fingerprint density at radius 3 is 2.47 bits per heavy atom. The maximum Gasteiger partial charge on any atom is 0.328 e. The molecule has 1 fully saturated rings. The van der Waals surface area contributed by atoms with Gasteiger partial charge in [0.25, 0.3) is 11.1 Å². The number of esters is 1. The Morgan fingerprint density at radius 2 is 1.81 bits per heavy atom. The Kier molecular flexibility index (Phi) is 7.58. The Bertz CT molecular complexity index is 1050. The number of hydrogen-bond acceptors (Lipinski definition) is 7. The molecule has 1 heterocycles. The number of rotatable bonds is 8. The van der Waals surface area contributed by atoms with Gasteiger partial charge in [0.1, 0.15) is 12.6 Å². The van der Waals surface area contributed by atoms with Gasteiger partial charge in [-0.15, -0.1) is 0 Å². The van der Waals surface area contributed by atoms with Gasteiger partial charge in [-0.1, -0.05) is 35.9 Å². The van der Waals surface area contributed by atoms with Crippen molar-refractivity contribution in [1.82, 2.24) is 4.90 Å². The number of thioether (sulfide) groups is 1. The van der Waals surface area contributed by atoms with Crippen molar-refractivity contribution in [2.24, 2.45) is 0 Å². The van der Waals surface area contributed by atoms with Crippen molar-refractivity contribution in [2.45, 2.75) is 33.4 Å². The van der Waals surface area contributed by atoms with E-state index in [-0.39, 0.29) is 4.91 Å². The quantitative estimate of drug-likeness (QED) is 0.426. The van der Waals surface area contributed by atoms with Crippen LogP contribution < -0.4 is 9.47 Å². The lowest BCUT2D eigenvalue weighted by Gasteiger charge is -2.18. The largest absolute Gasteiger partial charge is 0.490 e. The Balaban J connectivity index is 1.79. The van der Waals surface area contributed by atoms with E-state index < -0.39 is 23.2 Å². The van der Waals surface area contributed by atoms with Crippen molar-refractivity contribution < 1.29 is 28.6 Å². The average molecular weight is 456 g/mol. The van der Waals surface area contributed by atoms with Crippen LogP contribution in [0.25, 0.3) is 6.08 Å². The standard InChI is InChI=1S/C24H25NO6S/c1-5-30-20-12-18(10-11-19(20)31-14-17-8-6-15(2)7-9-17)13-21-22(26)25(24(28)32-21)16(3)23(27)29-4/h6-13,16H,5,14H2,1-4H3/b21-13+/t16-/m1/s1. The fourth-order valence-electron chi connectivity index (χ4n) is 3.09. The molecule has 0 bridgehead atoms. The lowest BCUT2D eigenvalue weighted by atomic mass is 10.1. The number of imide groups is 1. The third kappa shape index (κ3) is 5.31. The van der Waals surface area contributed by atoms with Crippen molar-refractivity contribution in [2.75, 3.05) is 13.7 Å². The second-order valence-electron chi connectivity index (χ2n) is 7.16. The molecule has 0 aliphatic carbocycles. The van der Waals surface area contributed by atoms with Gasteiger partial charge in [-0.05, 0) is 61.9 Å². The van der Waals surface area contributed by atoms with Crippen LogP contribution in [0.2, 0.25) is 0 Å². The van der Waals surface area contributed by atoms with Crippen molar-refractivity contribution in [3.63, 3.8) is 0 Å². The molecular weight excluding hydrogens is 430 g/mol. The van der Waals surface area contributed by atoms with Gasteiger partial charge in [-0.2, -0.15) is 0 Å². The van der Waals surface area contributed by atoms with Gasteiger partial charge in [0, 0.05) is 0 Å². The van der Waals surface area contributed by atoms with Crippen molar-refractivity contribution >= 4 is 35.0 Å². The zero-order chi connectivity index (χ0) is 23.3. The van der Waals surface area contributed by atoms with E-state index in [1.807, 2.05) is 38.1 Å². The number of carbonyl (C=O) groups excluding carboxylic acids is 3. The highest BCUT2D eigenvalue weighted by atomic mass is 32.2. The van der Waals surface area contributed by atoms with E-state index in [2.05, 4.69) is 4.74 Å². The van der Waals surface area contributed by atoms with Crippen LogP contribution in [0.3, 0.4) is 0 Å². The third-order valence-corrected chi connectivity index (χ3v) is 5.72. The lowest BCUT2D eigenvalue weighted by molar-refractivity contribution is -0.148. The molecule has 32 heavy (non-hydrogen) atoms. The Hall–Kier alpha value is -3.26. The van der Waals surface area contributed by atoms with Crippen LogP contribution in [-0.2, 0) is 20.9 Å². The second kappa shape index (κ2) is 10.4. The normalized spacial score (nSPS) is 15.8. The monoisotopic (exact) mass is 455 g/mol. The first-order chi connectivity index (χ1) is 15.3. The number of aryl methyl sites for hydroxylation is 1. The first-order valence-corrected chi connectivity index (χ1v) is 11.0. The fourth-order valence-corrected chi connectivity index (χ4v) is 4.00. The predicted molar refractivity (Wildman–Crippen MR) is 122 cm³/mol. The van der Waals surface area contributed by atoms with Gasteiger partial charge in [0.2, 0.25) is 0 Å². The molecule has 2 aromatic rings. The topological polar surface area (TPSA) is 82.1 Å². The van der Waals surface area contributed by atoms with Gasteiger partial charge >= 0.3 is 5.97 Å². The molecule has 1 aliphatic heterocycles. The minimum atomic E-state index is -0.991. The Morgan fingerprint density at radius 1 is 1.09 bits per heavy atom. The molecule has 0 unspecified atom stereocenters. The zero-order valence-corrected chi connectivity index (χ0v) is 19.2. The molecule has 168 valence electrons. The number of methoxy groups -OCH3 is 1. The smallest absolute Gasteiger partial charge is 0.328 e. The maximum absolute atomic E-state index is 12.7. The fraction of sp³-hybridized carbons (Fsp3) is 0.292. The molecule has 0 radical (unpaired) electrons. The summed E-state index contributed by atoms with van der Waals surface area (Å²) >= 11 is 0.784. The van der Waals surface area contributed by atoms with E-state index >= 15 is 0 Å². The molecular formula is C24H25NO6S. The van der Waals surface area contributed by atoms with Gasteiger partial charge in [0.15, 0.2) is 11.5 Å². The van der Waals surface area contributed by atoms with Gasteiger partial charge in [0.05, 0.1) is 18.6 Å². The highest BCUT2D eigenvalue weighted by Gasteiger charge is 2.41. The summed E-state index contributed by atoms with van der Waals surface area (Å²) in [5, 5.41) is -0.512. The van der Waals surface area contributed by atoms with Crippen molar-refractivity contribution in [3.05, 3.63) is 64.1 Å². The summed E-state index contributed by atoms with van der Waals surface area (Å²) in [4.78, 5) is 37.9. The molecule has 0 saturated carbocycles. The number of nitrogens with zero attached hydrogens (tertiary/aromatic N) is 1. The maximum atomic E-state index is 12.7. The van der Waals surface area contributed by atoms with E-state index in [9.17, 15) is 14.4 Å². The minimum Gasteiger partial charge on any atom is -0.490 e. The molecule has 8 heteroatoms. The summed E-state index contributed by atoms with van der Waals surface area (Å²) in [5.41, 5.74) is 2.89. The molecule has 1 atom stereocenters. The van der Waals surface area contributed by atoms with E-state index in [0.717, 1.165) is 22.2 Å². The average Bonchev–Trinajstić information content (AvgIpc) is 3.06. The molecule has 0 aromatic heterocycles. The molecule has 0 spiro atoms. The van der Waals surface area contributed by atoms with Crippen LogP contribution in [0.15, 0.2) is 47.4 Å². The number of hydrogen-bond donors (Lipinski definition) is 0. The summed E-state index contributed by atoms with van der Waals surface area (Å²) in [6.07, 6.45) is 1.60. The first-order valence-electron chi connectivity index (χ1n) is 10.1. The molecule has 1 aliphatic rings. The Labute approximate surface area is 191 Å². The molecule has 3 rings (SSSR count). The molecule has 7 nitrogen and oxygen atoms in total. The summed E-state index contributed by atoms with van der Waals surface area (Å²) in [7, 11) is 1.21. The predicted octanol–water partition coefficient (Wildman–Crippen LogP) is 4.57. The van der Waals surface area contributed by atoms with Crippen LogP contribution in [0, 0.1) is 6.92 Å². The first kappa shape index (κ1) is 23.4. The van der Waals surface area contributed by atoms with Crippen LogP contribution in [-0.4, -0.2) is 41.8 Å². The number of amides is 2. The van der Waals surface area contributed by atoms with Gasteiger partial charge < -0.3 is 14.2 Å². The van der Waals surface area contributed by atoms with E-state index in [4.69, 9.17) is 9.47 Å². The second-order valence-corrected chi connectivity index (χ2v) is 8.16. The molecule has 2 amide bonds. The van der Waals surface area contributed by atoms with Crippen molar-refractivity contribution in [3.8, 4) is 11.5 Å². The SMILES string of the molecule is CCOc1cc(/C=C2/SC(=O)N([C@H](C)C(=O)OC)C2=O)ccc1OCc1ccc(C)cc1. The number of carbonyl (C=O) groups is 3. The summed E-state index contributed by atoms with van der Waals surface area (Å²) in [6, 6.07) is 12.4. The van der Waals surface area contributed by atoms with Gasteiger partial charge in [-0.3, -0.25) is 14.5 Å². The summed E-state index contributed by atoms with van der Waals surface area (Å²) in [6.45, 7) is 6.19. The van der Waals surface area contributed by atoms with Gasteiger partial charge in [-0.25, -0.2) is 4.79 Å². The van der Waals surface area contributed by atoms with E-state index in [0.29, 0.717) is 30.3 Å². The van der Waals surface area contributed by atoms with Crippen LogP contribution in [0.4, 0.5) is 4.79 Å². The zero-order valence-electron chi connectivity index (χ0n) is 18.4. The summed E-state index contributed by atoms with van der Waals surface area (Å²) in [5.74, 6) is -0.0645. The van der Waals surface area contributed by atoms with E-state index in [1.54, 1.807) is 24.3 Å². The molecule has 2 aromatic carbocycles. The van der Waals surface area contributed by atoms with Crippen LogP contribution in [0.1, 0.15) is 30.5 Å². The summed E-state index contributed by atoms with van der Waals surface area (Å²) < 4.78 is 16.3. The highest BCUT2D eigenvalue weighted by molar-refractivity contribution is 8.18. The number of ether oxygens (including phenoxy) is 3. The van der Waals surface area contributed by atoms with E-state index in [1.165, 1.54) is 19.6 Å². The van der Waals surface area contributed by atoms with Crippen molar-refractivity contribution in [1.29, 1.82) is 0 Å². The van der Waals surface area contributed by atoms with Crippen LogP contribution in [0.5, 0.6) is 11.5 Å².